The molecule has 7 nitrogen and oxygen atoms in total. The summed E-state index contributed by atoms with van der Waals surface area (Å²) in [4.78, 5) is 0. The van der Waals surface area contributed by atoms with E-state index in [4.69, 9.17) is 15.7 Å². The molecule has 168 valence electrons. The maximum atomic E-state index is 11.1. The van der Waals surface area contributed by atoms with E-state index >= 15 is 0 Å². The van der Waals surface area contributed by atoms with E-state index in [0.717, 1.165) is 19.3 Å². The Hall–Kier alpha value is -0.860. The van der Waals surface area contributed by atoms with Crippen LogP contribution in [0.3, 0.4) is 0 Å². The number of nitrogens with one attached hydrogen (secondary N) is 3. The highest BCUT2D eigenvalue weighted by Gasteiger charge is 2.14. The molecule has 0 aliphatic rings. The highest BCUT2D eigenvalue weighted by Crippen LogP contribution is 2.14. The van der Waals surface area contributed by atoms with Crippen LogP contribution in [0, 0.1) is 5.41 Å². The Labute approximate surface area is 173 Å². The summed E-state index contributed by atoms with van der Waals surface area (Å²) in [7, 11) is -4.18. The Kier molecular flexibility index (Phi) is 17.6. The second kappa shape index (κ2) is 18.2. The third-order valence-electron chi connectivity index (χ3n) is 5.02. The summed E-state index contributed by atoms with van der Waals surface area (Å²) in [5, 5.41) is 9.80. The highest BCUT2D eigenvalue weighted by molar-refractivity contribution is 7.83. The van der Waals surface area contributed by atoms with E-state index in [-0.39, 0.29) is 12.0 Å². The normalized spacial score (nSPS) is 12.8. The van der Waals surface area contributed by atoms with Crippen LogP contribution in [0.5, 0.6) is 0 Å². The van der Waals surface area contributed by atoms with Crippen LogP contribution in [0.4, 0.5) is 0 Å². The van der Waals surface area contributed by atoms with Crippen molar-refractivity contribution in [2.24, 2.45) is 5.73 Å². The summed E-state index contributed by atoms with van der Waals surface area (Å²) in [5.74, 6) is -0.0872. The Morgan fingerprint density at radius 1 is 0.857 bits per heavy atom. The van der Waals surface area contributed by atoms with Gasteiger partial charge in [-0.2, -0.15) is 13.1 Å². The average molecular weight is 421 g/mol. The van der Waals surface area contributed by atoms with E-state index in [9.17, 15) is 8.42 Å². The largest absolute Gasteiger partial charge is 0.370 e. The zero-order valence-electron chi connectivity index (χ0n) is 17.8. The Morgan fingerprint density at radius 3 is 1.71 bits per heavy atom. The molecule has 0 fully saturated rings. The number of guanidine groups is 1. The zero-order valence-corrected chi connectivity index (χ0v) is 18.7. The van der Waals surface area contributed by atoms with Crippen LogP contribution in [-0.2, 0) is 10.3 Å². The van der Waals surface area contributed by atoms with Gasteiger partial charge in [0.15, 0.2) is 5.96 Å². The minimum atomic E-state index is -4.18. The molecule has 6 N–H and O–H groups in total. The Bertz CT molecular complexity index is 472. The molecule has 0 heterocycles. The topological polar surface area (TPSA) is 128 Å². The Morgan fingerprint density at radius 2 is 1.29 bits per heavy atom. The molecule has 0 aliphatic heterocycles. The van der Waals surface area contributed by atoms with Gasteiger partial charge in [0.25, 0.3) is 0 Å². The van der Waals surface area contributed by atoms with Crippen LogP contribution in [0.25, 0.3) is 0 Å². The predicted octanol–water partition coefficient (Wildman–Crippen LogP) is 4.49. The SMILES string of the molecule is CCCCCCCCCCCCCCCC(CCCNC(=N)N)NS(=O)(=O)O. The molecular weight excluding hydrogens is 376 g/mol. The summed E-state index contributed by atoms with van der Waals surface area (Å²) in [6, 6.07) is -0.267. The number of unbranched alkanes of at least 4 members (excludes halogenated alkanes) is 12. The molecule has 0 aliphatic carbocycles. The van der Waals surface area contributed by atoms with Crippen LogP contribution < -0.4 is 15.8 Å². The van der Waals surface area contributed by atoms with E-state index < -0.39 is 10.3 Å². The van der Waals surface area contributed by atoms with Gasteiger partial charge in [-0.1, -0.05) is 90.4 Å². The summed E-state index contributed by atoms with van der Waals surface area (Å²) in [6.07, 6.45) is 18.6. The molecule has 0 aromatic heterocycles. The number of hydrogen-bond donors (Lipinski definition) is 5. The zero-order chi connectivity index (χ0) is 21.1. The van der Waals surface area contributed by atoms with Crippen molar-refractivity contribution in [3.05, 3.63) is 0 Å². The summed E-state index contributed by atoms with van der Waals surface area (Å²) in [5.41, 5.74) is 5.22. The fourth-order valence-corrected chi connectivity index (χ4v) is 4.11. The molecule has 0 bridgehead atoms. The number of nitrogens with two attached hydrogens (primary N) is 1. The van der Waals surface area contributed by atoms with Crippen LogP contribution in [0.1, 0.15) is 110 Å². The summed E-state index contributed by atoms with van der Waals surface area (Å²) >= 11 is 0. The van der Waals surface area contributed by atoms with Gasteiger partial charge in [-0.25, -0.2) is 0 Å². The highest BCUT2D eigenvalue weighted by atomic mass is 32.2. The molecule has 1 unspecified atom stereocenters. The van der Waals surface area contributed by atoms with E-state index in [0.29, 0.717) is 19.4 Å². The van der Waals surface area contributed by atoms with E-state index in [1.807, 2.05) is 0 Å². The van der Waals surface area contributed by atoms with Crippen molar-refractivity contribution in [2.75, 3.05) is 6.54 Å². The molecular formula is C20H44N4O3S. The van der Waals surface area contributed by atoms with Gasteiger partial charge in [0.1, 0.15) is 0 Å². The van der Waals surface area contributed by atoms with Gasteiger partial charge < -0.3 is 11.1 Å². The van der Waals surface area contributed by atoms with Crippen LogP contribution in [-0.4, -0.2) is 31.5 Å². The van der Waals surface area contributed by atoms with Crippen molar-refractivity contribution in [1.29, 1.82) is 5.41 Å². The van der Waals surface area contributed by atoms with Crippen LogP contribution in [0.15, 0.2) is 0 Å². The van der Waals surface area contributed by atoms with Crippen molar-refractivity contribution < 1.29 is 13.0 Å². The lowest BCUT2D eigenvalue weighted by Crippen LogP contribution is -2.36. The fraction of sp³-hybridized carbons (Fsp3) is 0.950. The first-order chi connectivity index (χ1) is 13.3. The monoisotopic (exact) mass is 420 g/mol. The van der Waals surface area contributed by atoms with Crippen molar-refractivity contribution in [3.63, 3.8) is 0 Å². The molecule has 0 amide bonds. The number of hydrogen-bond acceptors (Lipinski definition) is 3. The van der Waals surface area contributed by atoms with Gasteiger partial charge in [0, 0.05) is 12.6 Å². The van der Waals surface area contributed by atoms with Gasteiger partial charge in [-0.3, -0.25) is 9.96 Å². The van der Waals surface area contributed by atoms with E-state index in [1.54, 1.807) is 0 Å². The van der Waals surface area contributed by atoms with Gasteiger partial charge >= 0.3 is 10.3 Å². The first-order valence-electron chi connectivity index (χ1n) is 11.2. The first-order valence-corrected chi connectivity index (χ1v) is 12.6. The minimum Gasteiger partial charge on any atom is -0.370 e. The van der Waals surface area contributed by atoms with Gasteiger partial charge in [0.05, 0.1) is 0 Å². The predicted molar refractivity (Wildman–Crippen MR) is 118 cm³/mol. The third-order valence-corrected chi connectivity index (χ3v) is 5.65. The molecule has 0 aromatic rings. The van der Waals surface area contributed by atoms with Crippen molar-refractivity contribution >= 4 is 16.3 Å². The lowest BCUT2D eigenvalue weighted by Gasteiger charge is -2.17. The van der Waals surface area contributed by atoms with Gasteiger partial charge in [-0.05, 0) is 19.3 Å². The fourth-order valence-electron chi connectivity index (χ4n) is 3.45. The molecule has 0 aromatic carbocycles. The maximum Gasteiger partial charge on any atom is 0.333 e. The first kappa shape index (κ1) is 27.1. The van der Waals surface area contributed by atoms with Crippen LogP contribution in [0.2, 0.25) is 0 Å². The van der Waals surface area contributed by atoms with Crippen LogP contribution >= 0.6 is 0 Å². The second-order valence-corrected chi connectivity index (χ2v) is 8.99. The lowest BCUT2D eigenvalue weighted by molar-refractivity contribution is 0.420. The van der Waals surface area contributed by atoms with Crippen molar-refractivity contribution in [1.82, 2.24) is 10.0 Å². The third kappa shape index (κ3) is 21.4. The molecule has 0 radical (unpaired) electrons. The second-order valence-electron chi connectivity index (χ2n) is 7.80. The van der Waals surface area contributed by atoms with E-state index in [2.05, 4.69) is 17.0 Å². The quantitative estimate of drug-likeness (QED) is 0.0857. The van der Waals surface area contributed by atoms with Crippen molar-refractivity contribution in [3.8, 4) is 0 Å². The van der Waals surface area contributed by atoms with E-state index in [1.165, 1.54) is 70.6 Å². The average Bonchev–Trinajstić information content (AvgIpc) is 2.61. The molecule has 0 saturated heterocycles. The van der Waals surface area contributed by atoms with Gasteiger partial charge in [0.2, 0.25) is 0 Å². The lowest BCUT2D eigenvalue weighted by atomic mass is 10.0. The smallest absolute Gasteiger partial charge is 0.333 e. The molecule has 0 saturated carbocycles. The number of rotatable bonds is 20. The van der Waals surface area contributed by atoms with Crippen molar-refractivity contribution in [2.45, 2.75) is 116 Å². The summed E-state index contributed by atoms with van der Waals surface area (Å²) < 4.78 is 33.5. The standard InChI is InChI=1S/C20H44N4O3S/c1-2-3-4-5-6-7-8-9-10-11-12-13-14-16-19(24-28(25,26)27)17-15-18-23-20(21)22/h19,24H,2-18H2,1H3,(H4,21,22,23)(H,25,26,27). The molecule has 28 heavy (non-hydrogen) atoms. The molecule has 0 spiro atoms. The summed E-state index contributed by atoms with van der Waals surface area (Å²) in [6.45, 7) is 2.77. The minimum absolute atomic E-state index is 0.0872. The van der Waals surface area contributed by atoms with Gasteiger partial charge in [-0.15, -0.1) is 0 Å². The maximum absolute atomic E-state index is 11.1. The molecule has 1 atom stereocenters. The Balaban J connectivity index is 3.65. The molecule has 8 heteroatoms. The molecule has 0 rings (SSSR count).